The third-order valence-electron chi connectivity index (χ3n) is 6.22. The number of carbonyl (C=O) groups excluding carboxylic acids is 1. The second-order valence-corrected chi connectivity index (χ2v) is 8.36. The van der Waals surface area contributed by atoms with Gasteiger partial charge in [-0.25, -0.2) is 9.97 Å². The van der Waals surface area contributed by atoms with E-state index in [1.807, 2.05) is 29.2 Å². The zero-order valence-electron chi connectivity index (χ0n) is 18.1. The van der Waals surface area contributed by atoms with E-state index >= 15 is 0 Å². The molecule has 0 radical (unpaired) electrons. The SMILES string of the molecule is O=C(CN1CCC(Oc2ncc(-c3ccncc3)cn2)CC1)N1CCCc2ccccc21. The lowest BCUT2D eigenvalue weighted by molar-refractivity contribution is -0.120. The van der Waals surface area contributed by atoms with Crippen LogP contribution in [0.5, 0.6) is 6.01 Å². The number of para-hydroxylation sites is 1. The van der Waals surface area contributed by atoms with E-state index < -0.39 is 0 Å². The first-order valence-electron chi connectivity index (χ1n) is 11.3. The summed E-state index contributed by atoms with van der Waals surface area (Å²) in [5, 5.41) is 0. The number of hydrogen-bond donors (Lipinski definition) is 0. The largest absolute Gasteiger partial charge is 0.460 e. The van der Waals surface area contributed by atoms with E-state index in [0.717, 1.165) is 62.1 Å². The number of aryl methyl sites for hydroxylation is 1. The molecule has 1 fully saturated rings. The second kappa shape index (κ2) is 9.44. The lowest BCUT2D eigenvalue weighted by Gasteiger charge is -2.34. The summed E-state index contributed by atoms with van der Waals surface area (Å²) in [5.41, 5.74) is 4.32. The summed E-state index contributed by atoms with van der Waals surface area (Å²) in [4.78, 5) is 29.9. The van der Waals surface area contributed by atoms with Crippen LogP contribution in [0.15, 0.2) is 61.2 Å². The summed E-state index contributed by atoms with van der Waals surface area (Å²) in [6.45, 7) is 2.93. The monoisotopic (exact) mass is 429 g/mol. The highest BCUT2D eigenvalue weighted by atomic mass is 16.5. The van der Waals surface area contributed by atoms with Gasteiger partial charge in [0.1, 0.15) is 6.10 Å². The highest BCUT2D eigenvalue weighted by Crippen LogP contribution is 2.27. The number of pyridine rings is 1. The predicted molar refractivity (Wildman–Crippen MR) is 122 cm³/mol. The first-order valence-corrected chi connectivity index (χ1v) is 11.3. The highest BCUT2D eigenvalue weighted by molar-refractivity contribution is 5.95. The van der Waals surface area contributed by atoms with Crippen LogP contribution in [0.25, 0.3) is 11.1 Å². The maximum atomic E-state index is 13.0. The molecule has 164 valence electrons. The van der Waals surface area contributed by atoms with Crippen LogP contribution in [-0.4, -0.2) is 58.0 Å². The summed E-state index contributed by atoms with van der Waals surface area (Å²) in [6, 6.07) is 12.5. The molecule has 32 heavy (non-hydrogen) atoms. The Labute approximate surface area is 188 Å². The summed E-state index contributed by atoms with van der Waals surface area (Å²) >= 11 is 0. The molecule has 0 N–H and O–H groups in total. The number of rotatable bonds is 5. The molecular weight excluding hydrogens is 402 g/mol. The zero-order valence-corrected chi connectivity index (χ0v) is 18.1. The number of anilines is 1. The van der Waals surface area contributed by atoms with E-state index in [-0.39, 0.29) is 12.0 Å². The third-order valence-corrected chi connectivity index (χ3v) is 6.22. The molecule has 0 saturated carbocycles. The molecule has 3 aromatic rings. The van der Waals surface area contributed by atoms with Gasteiger partial charge < -0.3 is 9.64 Å². The van der Waals surface area contributed by atoms with Gasteiger partial charge in [0.2, 0.25) is 5.91 Å². The van der Waals surface area contributed by atoms with Gasteiger partial charge in [-0.15, -0.1) is 0 Å². The van der Waals surface area contributed by atoms with Crippen LogP contribution in [0.1, 0.15) is 24.8 Å². The van der Waals surface area contributed by atoms with E-state index in [1.165, 1.54) is 5.56 Å². The maximum absolute atomic E-state index is 13.0. The number of aromatic nitrogens is 3. The van der Waals surface area contributed by atoms with Crippen molar-refractivity contribution in [2.45, 2.75) is 31.8 Å². The molecule has 2 aromatic heterocycles. The van der Waals surface area contributed by atoms with Crippen molar-refractivity contribution in [2.24, 2.45) is 0 Å². The van der Waals surface area contributed by atoms with Crippen LogP contribution in [0.2, 0.25) is 0 Å². The number of benzene rings is 1. The average Bonchev–Trinajstić information content (AvgIpc) is 2.86. The van der Waals surface area contributed by atoms with Crippen molar-refractivity contribution in [1.29, 1.82) is 0 Å². The molecule has 7 nitrogen and oxygen atoms in total. The minimum Gasteiger partial charge on any atom is -0.460 e. The number of carbonyl (C=O) groups is 1. The van der Waals surface area contributed by atoms with Gasteiger partial charge in [-0.05, 0) is 55.0 Å². The highest BCUT2D eigenvalue weighted by Gasteiger charge is 2.27. The van der Waals surface area contributed by atoms with E-state index in [0.29, 0.717) is 12.6 Å². The number of piperidine rings is 1. The number of ether oxygens (including phenoxy) is 1. The zero-order chi connectivity index (χ0) is 21.8. The molecule has 0 atom stereocenters. The normalized spacial score (nSPS) is 17.1. The van der Waals surface area contributed by atoms with Crippen molar-refractivity contribution in [3.63, 3.8) is 0 Å². The Morgan fingerprint density at radius 3 is 2.50 bits per heavy atom. The number of nitrogens with zero attached hydrogens (tertiary/aromatic N) is 5. The van der Waals surface area contributed by atoms with Crippen molar-refractivity contribution in [3.05, 3.63) is 66.7 Å². The number of fused-ring (bicyclic) bond motifs is 1. The minimum atomic E-state index is 0.0730. The van der Waals surface area contributed by atoms with Crippen molar-refractivity contribution in [3.8, 4) is 17.1 Å². The molecule has 0 unspecified atom stereocenters. The standard InChI is InChI=1S/C25H27N5O2/c31-24(30-13-3-5-20-4-1-2-6-23(20)30)18-29-14-9-22(10-15-29)32-25-27-16-21(17-28-25)19-7-11-26-12-8-19/h1-2,4,6-8,11-12,16-17,22H,3,5,9-10,13-15,18H2. The second-order valence-electron chi connectivity index (χ2n) is 8.36. The lowest BCUT2D eigenvalue weighted by Crippen LogP contribution is -2.46. The maximum Gasteiger partial charge on any atom is 0.316 e. The third kappa shape index (κ3) is 4.62. The summed E-state index contributed by atoms with van der Waals surface area (Å²) in [6.07, 6.45) is 10.9. The molecule has 5 rings (SSSR count). The van der Waals surface area contributed by atoms with Crippen molar-refractivity contribution < 1.29 is 9.53 Å². The smallest absolute Gasteiger partial charge is 0.316 e. The average molecular weight is 430 g/mol. The summed E-state index contributed by atoms with van der Waals surface area (Å²) < 4.78 is 6.01. The minimum absolute atomic E-state index is 0.0730. The molecule has 2 aliphatic heterocycles. The van der Waals surface area contributed by atoms with Gasteiger partial charge in [-0.2, -0.15) is 0 Å². The predicted octanol–water partition coefficient (Wildman–Crippen LogP) is 3.36. The fourth-order valence-corrected chi connectivity index (χ4v) is 4.47. The van der Waals surface area contributed by atoms with E-state index in [4.69, 9.17) is 4.74 Å². The van der Waals surface area contributed by atoms with Crippen LogP contribution in [0, 0.1) is 0 Å². The molecule has 1 saturated heterocycles. The van der Waals surface area contributed by atoms with E-state index in [9.17, 15) is 4.79 Å². The molecule has 1 aromatic carbocycles. The van der Waals surface area contributed by atoms with Gasteiger partial charge in [-0.3, -0.25) is 14.7 Å². The van der Waals surface area contributed by atoms with E-state index in [1.54, 1.807) is 24.8 Å². The Morgan fingerprint density at radius 2 is 1.72 bits per heavy atom. The van der Waals surface area contributed by atoms with Crippen LogP contribution in [0.4, 0.5) is 5.69 Å². The van der Waals surface area contributed by atoms with Crippen LogP contribution >= 0.6 is 0 Å². The van der Waals surface area contributed by atoms with Gasteiger partial charge in [0.25, 0.3) is 0 Å². The Kier molecular flexibility index (Phi) is 6.07. The summed E-state index contributed by atoms with van der Waals surface area (Å²) in [5.74, 6) is 0.187. The van der Waals surface area contributed by atoms with E-state index in [2.05, 4.69) is 32.0 Å². The fraction of sp³-hybridized carbons (Fsp3) is 0.360. The van der Waals surface area contributed by atoms with Gasteiger partial charge >= 0.3 is 6.01 Å². The molecule has 7 heteroatoms. The van der Waals surface area contributed by atoms with Crippen molar-refractivity contribution >= 4 is 11.6 Å². The number of amides is 1. The van der Waals surface area contributed by atoms with Crippen molar-refractivity contribution in [2.75, 3.05) is 31.1 Å². The van der Waals surface area contributed by atoms with Crippen molar-refractivity contribution in [1.82, 2.24) is 19.9 Å². The van der Waals surface area contributed by atoms with Gasteiger partial charge in [0.05, 0.1) is 6.54 Å². The molecule has 0 bridgehead atoms. The molecule has 0 spiro atoms. The van der Waals surface area contributed by atoms with Gasteiger partial charge in [0, 0.05) is 55.7 Å². The lowest BCUT2D eigenvalue weighted by atomic mass is 10.0. The quantitative estimate of drug-likeness (QED) is 0.619. The Balaban J connectivity index is 1.12. The molecule has 0 aliphatic carbocycles. The topological polar surface area (TPSA) is 71.5 Å². The molecule has 2 aliphatic rings. The molecule has 1 amide bonds. The van der Waals surface area contributed by atoms with Crippen LogP contribution in [0.3, 0.4) is 0 Å². The van der Waals surface area contributed by atoms with Crippen LogP contribution < -0.4 is 9.64 Å². The number of hydrogen-bond acceptors (Lipinski definition) is 6. The Hall–Kier alpha value is -3.32. The van der Waals surface area contributed by atoms with Crippen LogP contribution in [-0.2, 0) is 11.2 Å². The molecule has 4 heterocycles. The summed E-state index contributed by atoms with van der Waals surface area (Å²) in [7, 11) is 0. The van der Waals surface area contributed by atoms with Gasteiger partial charge in [-0.1, -0.05) is 18.2 Å². The fourth-order valence-electron chi connectivity index (χ4n) is 4.47. The Bertz CT molecular complexity index is 1050. The first-order chi connectivity index (χ1) is 15.8. The molecular formula is C25H27N5O2. The Morgan fingerprint density at radius 1 is 0.969 bits per heavy atom. The number of likely N-dealkylation sites (tertiary alicyclic amines) is 1. The van der Waals surface area contributed by atoms with Gasteiger partial charge in [0.15, 0.2) is 0 Å². The first kappa shape index (κ1) is 20.6.